The highest BCUT2D eigenvalue weighted by Crippen LogP contribution is 2.13. The molecular formula is C11H16BrNO4S. The van der Waals surface area contributed by atoms with Crippen molar-refractivity contribution in [3.8, 4) is 0 Å². The summed E-state index contributed by atoms with van der Waals surface area (Å²) in [7, 11) is -2.18. The van der Waals surface area contributed by atoms with Gasteiger partial charge >= 0.3 is 0 Å². The summed E-state index contributed by atoms with van der Waals surface area (Å²) < 4.78 is 31.2. The molecule has 0 radical (unpaired) electrons. The van der Waals surface area contributed by atoms with Gasteiger partial charge in [0.1, 0.15) is 0 Å². The smallest absolute Gasteiger partial charge is 0.240 e. The van der Waals surface area contributed by atoms with Gasteiger partial charge in [-0.3, -0.25) is 0 Å². The van der Waals surface area contributed by atoms with Gasteiger partial charge in [-0.15, -0.1) is 0 Å². The zero-order valence-corrected chi connectivity index (χ0v) is 12.4. The number of ether oxygens (including phenoxy) is 1. The Bertz CT molecular complexity index is 460. The lowest BCUT2D eigenvalue weighted by Crippen LogP contribution is -2.40. The Morgan fingerprint density at radius 2 is 2.00 bits per heavy atom. The van der Waals surface area contributed by atoms with Gasteiger partial charge in [-0.2, -0.15) is 0 Å². The number of halogens is 1. The Balaban J connectivity index is 2.84. The minimum absolute atomic E-state index is 0.120. The number of rotatable bonds is 7. The Morgan fingerprint density at radius 3 is 2.44 bits per heavy atom. The van der Waals surface area contributed by atoms with E-state index in [0.29, 0.717) is 5.33 Å². The number of aliphatic hydroxyl groups excluding tert-OH is 1. The number of aliphatic hydroxyl groups is 1. The highest BCUT2D eigenvalue weighted by atomic mass is 79.9. The molecule has 2 N–H and O–H groups in total. The van der Waals surface area contributed by atoms with Crippen LogP contribution in [0.1, 0.15) is 5.56 Å². The summed E-state index contributed by atoms with van der Waals surface area (Å²) in [6.07, 6.45) is 0. The molecule has 0 aliphatic carbocycles. The molecule has 0 saturated carbocycles. The highest BCUT2D eigenvalue weighted by molar-refractivity contribution is 9.08. The summed E-state index contributed by atoms with van der Waals surface area (Å²) in [4.78, 5) is 0.168. The van der Waals surface area contributed by atoms with Crippen molar-refractivity contribution in [3.63, 3.8) is 0 Å². The van der Waals surface area contributed by atoms with Gasteiger partial charge in [-0.25, -0.2) is 13.1 Å². The van der Waals surface area contributed by atoms with E-state index >= 15 is 0 Å². The predicted molar refractivity (Wildman–Crippen MR) is 72.1 cm³/mol. The molecule has 1 aromatic rings. The predicted octanol–water partition coefficient (Wildman–Crippen LogP) is 0.867. The van der Waals surface area contributed by atoms with Crippen molar-refractivity contribution in [2.45, 2.75) is 16.3 Å². The molecule has 1 aromatic carbocycles. The second kappa shape index (κ2) is 7.20. The van der Waals surface area contributed by atoms with Crippen molar-refractivity contribution < 1.29 is 18.3 Å². The zero-order chi connectivity index (χ0) is 13.6. The fourth-order valence-electron chi connectivity index (χ4n) is 1.37. The van der Waals surface area contributed by atoms with Gasteiger partial charge in [0.2, 0.25) is 10.0 Å². The third-order valence-corrected chi connectivity index (χ3v) is 4.48. The lowest BCUT2D eigenvalue weighted by atomic mass is 10.2. The highest BCUT2D eigenvalue weighted by Gasteiger charge is 2.19. The summed E-state index contributed by atoms with van der Waals surface area (Å²) in [5.74, 6) is 0. The maximum Gasteiger partial charge on any atom is 0.240 e. The fraction of sp³-hybridized carbons (Fsp3) is 0.455. The van der Waals surface area contributed by atoms with Gasteiger partial charge in [-0.05, 0) is 17.7 Å². The van der Waals surface area contributed by atoms with Crippen molar-refractivity contribution >= 4 is 26.0 Å². The van der Waals surface area contributed by atoms with Crippen molar-refractivity contribution in [1.82, 2.24) is 4.72 Å². The average Bonchev–Trinajstić information content (AvgIpc) is 2.38. The van der Waals surface area contributed by atoms with Crippen LogP contribution >= 0.6 is 15.9 Å². The quantitative estimate of drug-likeness (QED) is 0.724. The molecular weight excluding hydrogens is 322 g/mol. The molecule has 0 fully saturated rings. The summed E-state index contributed by atoms with van der Waals surface area (Å²) in [5.41, 5.74) is 0.990. The SMILES string of the molecule is COCC(CO)NS(=O)(=O)c1ccc(CBr)cc1. The van der Waals surface area contributed by atoms with E-state index in [-0.39, 0.29) is 18.1 Å². The van der Waals surface area contributed by atoms with E-state index in [0.717, 1.165) is 5.56 Å². The molecule has 1 atom stereocenters. The van der Waals surface area contributed by atoms with E-state index < -0.39 is 16.1 Å². The Kier molecular flexibility index (Phi) is 6.24. The van der Waals surface area contributed by atoms with Crippen molar-refractivity contribution in [3.05, 3.63) is 29.8 Å². The number of alkyl halides is 1. The molecule has 0 spiro atoms. The number of methoxy groups -OCH3 is 1. The van der Waals surface area contributed by atoms with Crippen LogP contribution in [0.15, 0.2) is 29.2 Å². The van der Waals surface area contributed by atoms with Gasteiger partial charge < -0.3 is 9.84 Å². The van der Waals surface area contributed by atoms with E-state index in [1.54, 1.807) is 12.1 Å². The minimum Gasteiger partial charge on any atom is -0.395 e. The standard InChI is InChI=1S/C11H16BrNO4S/c1-17-8-10(7-14)13-18(15,16)11-4-2-9(6-12)3-5-11/h2-5,10,13-14H,6-8H2,1H3. The van der Waals surface area contributed by atoms with Gasteiger partial charge in [0.25, 0.3) is 0 Å². The molecule has 0 saturated heterocycles. The molecule has 1 rings (SSSR count). The van der Waals surface area contributed by atoms with Crippen LogP contribution in [0.3, 0.4) is 0 Å². The molecule has 1 unspecified atom stereocenters. The molecule has 18 heavy (non-hydrogen) atoms. The molecule has 0 heterocycles. The number of benzene rings is 1. The fourth-order valence-corrected chi connectivity index (χ4v) is 2.96. The Hall–Kier alpha value is -0.470. The van der Waals surface area contributed by atoms with E-state index in [1.165, 1.54) is 19.2 Å². The van der Waals surface area contributed by atoms with Crippen LogP contribution in [0.4, 0.5) is 0 Å². The third-order valence-electron chi connectivity index (χ3n) is 2.30. The summed E-state index contributed by atoms with van der Waals surface area (Å²) in [6, 6.07) is 5.87. The molecule has 7 heteroatoms. The van der Waals surface area contributed by atoms with Crippen LogP contribution in [-0.4, -0.2) is 39.9 Å². The molecule has 0 amide bonds. The van der Waals surface area contributed by atoms with Crippen molar-refractivity contribution in [1.29, 1.82) is 0 Å². The first kappa shape index (κ1) is 15.6. The summed E-state index contributed by atoms with van der Waals surface area (Å²) >= 11 is 3.29. The second-order valence-electron chi connectivity index (χ2n) is 3.73. The Morgan fingerprint density at radius 1 is 1.39 bits per heavy atom. The number of hydrogen-bond donors (Lipinski definition) is 2. The molecule has 5 nitrogen and oxygen atoms in total. The normalized spacial score (nSPS) is 13.5. The number of nitrogens with one attached hydrogen (secondary N) is 1. The first-order valence-corrected chi connectivity index (χ1v) is 7.91. The maximum absolute atomic E-state index is 12.0. The van der Waals surface area contributed by atoms with E-state index in [4.69, 9.17) is 9.84 Å². The van der Waals surface area contributed by atoms with Crippen LogP contribution < -0.4 is 4.72 Å². The summed E-state index contributed by atoms with van der Waals surface area (Å²) in [6.45, 7) is -0.193. The van der Waals surface area contributed by atoms with Gasteiger partial charge in [0, 0.05) is 12.4 Å². The summed E-state index contributed by atoms with van der Waals surface area (Å²) in [5, 5.41) is 9.71. The largest absolute Gasteiger partial charge is 0.395 e. The van der Waals surface area contributed by atoms with Gasteiger partial charge in [-0.1, -0.05) is 28.1 Å². The molecule has 0 bridgehead atoms. The lowest BCUT2D eigenvalue weighted by Gasteiger charge is -2.15. The van der Waals surface area contributed by atoms with Crippen LogP contribution in [0.2, 0.25) is 0 Å². The van der Waals surface area contributed by atoms with Crippen molar-refractivity contribution in [2.75, 3.05) is 20.3 Å². The first-order valence-electron chi connectivity index (χ1n) is 5.30. The average molecular weight is 338 g/mol. The third kappa shape index (κ3) is 4.33. The van der Waals surface area contributed by atoms with Crippen LogP contribution in [0, 0.1) is 0 Å². The number of hydrogen-bond acceptors (Lipinski definition) is 4. The van der Waals surface area contributed by atoms with E-state index in [2.05, 4.69) is 20.7 Å². The first-order chi connectivity index (χ1) is 8.53. The van der Waals surface area contributed by atoms with Gasteiger partial charge in [0.05, 0.1) is 24.2 Å². The van der Waals surface area contributed by atoms with Crippen LogP contribution in [0.5, 0.6) is 0 Å². The van der Waals surface area contributed by atoms with E-state index in [9.17, 15) is 8.42 Å². The van der Waals surface area contributed by atoms with Gasteiger partial charge in [0.15, 0.2) is 0 Å². The van der Waals surface area contributed by atoms with E-state index in [1.807, 2.05) is 0 Å². The molecule has 0 aromatic heterocycles. The zero-order valence-electron chi connectivity index (χ0n) is 9.97. The molecule has 0 aliphatic rings. The lowest BCUT2D eigenvalue weighted by molar-refractivity contribution is 0.139. The second-order valence-corrected chi connectivity index (χ2v) is 6.01. The molecule has 102 valence electrons. The molecule has 0 aliphatic heterocycles. The topological polar surface area (TPSA) is 75.6 Å². The van der Waals surface area contributed by atoms with Crippen LogP contribution in [-0.2, 0) is 20.1 Å². The maximum atomic E-state index is 12.0. The van der Waals surface area contributed by atoms with Crippen molar-refractivity contribution in [2.24, 2.45) is 0 Å². The Labute approximate surface area is 115 Å². The van der Waals surface area contributed by atoms with Crippen LogP contribution in [0.25, 0.3) is 0 Å². The monoisotopic (exact) mass is 337 g/mol. The number of sulfonamides is 1. The minimum atomic E-state index is -3.62.